The summed E-state index contributed by atoms with van der Waals surface area (Å²) in [5, 5.41) is 2.85. The lowest BCUT2D eigenvalue weighted by Gasteiger charge is -2.38. The summed E-state index contributed by atoms with van der Waals surface area (Å²) in [5.74, 6) is 1.84. The molecule has 2 aromatic rings. The molecule has 2 amide bonds. The zero-order chi connectivity index (χ0) is 20.1. The maximum Gasteiger partial charge on any atom is 0.254 e. The molecule has 1 atom stereocenters. The standard InChI is InChI=1S/C23H24N2O4/c1-28-19-10-14-8-9-25(22(13-6-7-13)16(14)11-20(19)29-2)23(27)15-4-3-5-18-17(15)12-21(26)24-18/h3-5,10-11,13,22H,6-9,12H2,1-2H3,(H,24,26). The van der Waals surface area contributed by atoms with Crippen molar-refractivity contribution in [1.29, 1.82) is 0 Å². The van der Waals surface area contributed by atoms with Gasteiger partial charge >= 0.3 is 0 Å². The van der Waals surface area contributed by atoms with Gasteiger partial charge in [0.15, 0.2) is 11.5 Å². The van der Waals surface area contributed by atoms with Crippen molar-refractivity contribution in [2.75, 3.05) is 26.1 Å². The fourth-order valence-corrected chi connectivity index (χ4v) is 4.73. The van der Waals surface area contributed by atoms with Crippen molar-refractivity contribution in [2.45, 2.75) is 31.7 Å². The van der Waals surface area contributed by atoms with Crippen LogP contribution >= 0.6 is 0 Å². The number of rotatable bonds is 4. The first kappa shape index (κ1) is 18.0. The Balaban J connectivity index is 1.55. The van der Waals surface area contributed by atoms with E-state index in [0.717, 1.165) is 41.8 Å². The van der Waals surface area contributed by atoms with E-state index in [-0.39, 0.29) is 24.3 Å². The van der Waals surface area contributed by atoms with Crippen LogP contribution in [0.3, 0.4) is 0 Å². The van der Waals surface area contributed by atoms with E-state index < -0.39 is 0 Å². The minimum atomic E-state index is -0.0557. The van der Waals surface area contributed by atoms with Gasteiger partial charge in [0.05, 0.1) is 26.7 Å². The van der Waals surface area contributed by atoms with E-state index >= 15 is 0 Å². The molecule has 0 radical (unpaired) electrons. The lowest BCUT2D eigenvalue weighted by molar-refractivity contribution is -0.115. The highest BCUT2D eigenvalue weighted by Gasteiger charge is 2.43. The molecule has 29 heavy (non-hydrogen) atoms. The number of benzene rings is 2. The number of ether oxygens (including phenoxy) is 2. The minimum absolute atomic E-state index is 0.00989. The average molecular weight is 392 g/mol. The van der Waals surface area contributed by atoms with Crippen LogP contribution < -0.4 is 14.8 Å². The molecular formula is C23H24N2O4. The van der Waals surface area contributed by atoms with E-state index in [0.29, 0.717) is 23.8 Å². The third-order valence-electron chi connectivity index (χ3n) is 6.27. The topological polar surface area (TPSA) is 67.9 Å². The normalized spacial score (nSPS) is 20.0. The second-order valence-corrected chi connectivity index (χ2v) is 7.99. The fraction of sp³-hybridized carbons (Fsp3) is 0.391. The van der Waals surface area contributed by atoms with Gasteiger partial charge in [-0.25, -0.2) is 0 Å². The van der Waals surface area contributed by atoms with Crippen molar-refractivity contribution >= 4 is 17.5 Å². The van der Waals surface area contributed by atoms with Crippen molar-refractivity contribution in [3.63, 3.8) is 0 Å². The molecule has 6 nitrogen and oxygen atoms in total. The molecule has 2 aliphatic heterocycles. The number of nitrogens with one attached hydrogen (secondary N) is 1. The van der Waals surface area contributed by atoms with Gasteiger partial charge in [-0.05, 0) is 66.1 Å². The van der Waals surface area contributed by atoms with Gasteiger partial charge in [0.2, 0.25) is 5.91 Å². The van der Waals surface area contributed by atoms with Crippen LogP contribution in [0.15, 0.2) is 30.3 Å². The Morgan fingerprint density at radius 2 is 1.90 bits per heavy atom. The molecule has 0 spiro atoms. The Hall–Kier alpha value is -3.02. The molecule has 1 N–H and O–H groups in total. The van der Waals surface area contributed by atoms with Gasteiger partial charge in [-0.3, -0.25) is 9.59 Å². The van der Waals surface area contributed by atoms with Crippen LogP contribution in [0, 0.1) is 5.92 Å². The van der Waals surface area contributed by atoms with Crippen LogP contribution in [0.4, 0.5) is 5.69 Å². The number of carbonyl (C=O) groups is 2. The quantitative estimate of drug-likeness (QED) is 0.867. The Bertz CT molecular complexity index is 1010. The fourth-order valence-electron chi connectivity index (χ4n) is 4.73. The molecule has 1 fully saturated rings. The SMILES string of the molecule is COc1cc2c(cc1OC)C(C1CC1)N(C(=O)c1cccc3c1CC(=O)N3)CC2. The second kappa shape index (κ2) is 6.79. The molecule has 1 unspecified atom stereocenters. The lowest BCUT2D eigenvalue weighted by atomic mass is 9.88. The third-order valence-corrected chi connectivity index (χ3v) is 6.27. The van der Waals surface area contributed by atoms with Gasteiger partial charge in [0.1, 0.15) is 0 Å². The molecule has 0 saturated heterocycles. The van der Waals surface area contributed by atoms with E-state index in [1.54, 1.807) is 14.2 Å². The molecule has 3 aliphatic rings. The summed E-state index contributed by atoms with van der Waals surface area (Å²) in [6.07, 6.45) is 3.28. The van der Waals surface area contributed by atoms with Crippen molar-refractivity contribution in [2.24, 2.45) is 5.92 Å². The monoisotopic (exact) mass is 392 g/mol. The molecule has 0 bridgehead atoms. The maximum atomic E-state index is 13.6. The van der Waals surface area contributed by atoms with Gasteiger partial charge in [0, 0.05) is 17.8 Å². The number of amides is 2. The van der Waals surface area contributed by atoms with Crippen LogP contribution in [0.2, 0.25) is 0 Å². The summed E-state index contributed by atoms with van der Waals surface area (Å²) in [7, 11) is 3.28. The number of hydrogen-bond acceptors (Lipinski definition) is 4. The smallest absolute Gasteiger partial charge is 0.254 e. The number of carbonyl (C=O) groups excluding carboxylic acids is 2. The Morgan fingerprint density at radius 3 is 2.62 bits per heavy atom. The van der Waals surface area contributed by atoms with Crippen LogP contribution in [0.1, 0.15) is 45.9 Å². The first-order valence-corrected chi connectivity index (χ1v) is 10.1. The van der Waals surface area contributed by atoms with Crippen molar-refractivity contribution in [3.8, 4) is 11.5 Å². The van der Waals surface area contributed by atoms with Crippen LogP contribution in [-0.2, 0) is 17.6 Å². The highest BCUT2D eigenvalue weighted by molar-refractivity contribution is 6.06. The molecular weight excluding hydrogens is 368 g/mol. The molecule has 6 heteroatoms. The number of hydrogen-bond donors (Lipinski definition) is 1. The minimum Gasteiger partial charge on any atom is -0.493 e. The van der Waals surface area contributed by atoms with Crippen molar-refractivity contribution in [3.05, 3.63) is 52.6 Å². The molecule has 0 aromatic heterocycles. The largest absolute Gasteiger partial charge is 0.493 e. The van der Waals surface area contributed by atoms with Crippen LogP contribution in [0.5, 0.6) is 11.5 Å². The van der Waals surface area contributed by atoms with E-state index in [9.17, 15) is 9.59 Å². The summed E-state index contributed by atoms with van der Waals surface area (Å²) in [6, 6.07) is 9.67. The molecule has 2 aromatic carbocycles. The number of anilines is 1. The first-order chi connectivity index (χ1) is 14.1. The van der Waals surface area contributed by atoms with Crippen molar-refractivity contribution in [1.82, 2.24) is 4.90 Å². The summed E-state index contributed by atoms with van der Waals surface area (Å²) in [4.78, 5) is 27.5. The Kier molecular flexibility index (Phi) is 4.23. The lowest BCUT2D eigenvalue weighted by Crippen LogP contribution is -2.41. The molecule has 5 rings (SSSR count). The van der Waals surface area contributed by atoms with E-state index in [4.69, 9.17) is 9.47 Å². The Morgan fingerprint density at radius 1 is 1.14 bits per heavy atom. The number of fused-ring (bicyclic) bond motifs is 2. The zero-order valence-corrected chi connectivity index (χ0v) is 16.7. The Labute approximate surface area is 169 Å². The highest BCUT2D eigenvalue weighted by Crippen LogP contribution is 2.50. The van der Waals surface area contributed by atoms with Gasteiger partial charge in [-0.2, -0.15) is 0 Å². The predicted molar refractivity (Wildman–Crippen MR) is 109 cm³/mol. The van der Waals surface area contributed by atoms with Crippen LogP contribution in [0.25, 0.3) is 0 Å². The van der Waals surface area contributed by atoms with Crippen LogP contribution in [-0.4, -0.2) is 37.5 Å². The molecule has 150 valence electrons. The maximum absolute atomic E-state index is 13.6. The molecule has 1 aliphatic carbocycles. The first-order valence-electron chi connectivity index (χ1n) is 10.1. The summed E-state index contributed by atoms with van der Waals surface area (Å²) in [6.45, 7) is 0.660. The third kappa shape index (κ3) is 2.94. The number of nitrogens with zero attached hydrogens (tertiary/aromatic N) is 1. The van der Waals surface area contributed by atoms with Gasteiger partial charge in [-0.1, -0.05) is 6.07 Å². The molecule has 2 heterocycles. The van der Waals surface area contributed by atoms with E-state index in [1.165, 1.54) is 5.56 Å². The summed E-state index contributed by atoms with van der Waals surface area (Å²) < 4.78 is 11.0. The van der Waals surface area contributed by atoms with Gasteiger partial charge < -0.3 is 19.7 Å². The van der Waals surface area contributed by atoms with Gasteiger partial charge in [-0.15, -0.1) is 0 Å². The highest BCUT2D eigenvalue weighted by atomic mass is 16.5. The van der Waals surface area contributed by atoms with E-state index in [2.05, 4.69) is 5.32 Å². The summed E-state index contributed by atoms with van der Waals surface area (Å²) >= 11 is 0. The zero-order valence-electron chi connectivity index (χ0n) is 16.7. The summed E-state index contributed by atoms with van der Waals surface area (Å²) in [5.41, 5.74) is 4.59. The van der Waals surface area contributed by atoms with Crippen molar-refractivity contribution < 1.29 is 19.1 Å². The average Bonchev–Trinajstić information content (AvgIpc) is 3.50. The van der Waals surface area contributed by atoms with E-state index in [1.807, 2.05) is 35.2 Å². The second-order valence-electron chi connectivity index (χ2n) is 7.99. The molecule has 1 saturated carbocycles. The predicted octanol–water partition coefficient (Wildman–Crippen LogP) is 3.35. The van der Waals surface area contributed by atoms with Gasteiger partial charge in [0.25, 0.3) is 5.91 Å². The number of methoxy groups -OCH3 is 2.